The quantitative estimate of drug-likeness (QED) is 0.630. The Hall–Kier alpha value is -0.770. The lowest BCUT2D eigenvalue weighted by Gasteiger charge is -1.89. The van der Waals surface area contributed by atoms with E-state index in [0.717, 1.165) is 10.3 Å². The summed E-state index contributed by atoms with van der Waals surface area (Å²) in [6.45, 7) is 0. The van der Waals surface area contributed by atoms with Crippen LogP contribution in [0.25, 0.3) is 5.65 Å². The normalized spacial score (nSPS) is 11.0. The number of rotatable bonds is 0. The van der Waals surface area contributed by atoms with Crippen molar-refractivity contribution in [3.8, 4) is 0 Å². The Kier molecular flexibility index (Phi) is 1.11. The van der Waals surface area contributed by atoms with Crippen LogP contribution in [0, 0.1) is 0 Å². The molecule has 2 heterocycles. The van der Waals surface area contributed by atoms with Gasteiger partial charge in [0.15, 0.2) is 0 Å². The molecule has 2 aromatic rings. The molecule has 0 spiro atoms. The van der Waals surface area contributed by atoms with Crippen molar-refractivity contribution >= 4 is 21.6 Å². The molecule has 52 valence electrons. The molecule has 0 N–H and O–H groups in total. The van der Waals surface area contributed by atoms with Crippen molar-refractivity contribution in [3.05, 3.63) is 23.1 Å². The zero-order chi connectivity index (χ0) is 7.14. The summed E-state index contributed by atoms with van der Waals surface area (Å²) in [5.74, 6) is 0. The molecule has 0 aliphatic rings. The van der Waals surface area contributed by atoms with E-state index in [4.69, 9.17) is 0 Å². The van der Waals surface area contributed by atoms with Crippen molar-refractivity contribution in [2.24, 2.45) is 7.05 Å². The minimum absolute atomic E-state index is 1.04. The van der Waals surface area contributed by atoms with Crippen LogP contribution >= 0.6 is 15.9 Å². The fraction of sp³-hybridized carbons (Fsp3) is 0.167. The Morgan fingerprint density at radius 1 is 1.60 bits per heavy atom. The molecule has 0 bridgehead atoms. The molecule has 2 aromatic heterocycles. The van der Waals surface area contributed by atoms with E-state index in [1.165, 1.54) is 0 Å². The Labute approximate surface area is 66.4 Å². The highest BCUT2D eigenvalue weighted by molar-refractivity contribution is 9.10. The Morgan fingerprint density at radius 2 is 2.40 bits per heavy atom. The molecule has 0 aliphatic carbocycles. The fourth-order valence-electron chi connectivity index (χ4n) is 0.969. The average molecular weight is 200 g/mol. The van der Waals surface area contributed by atoms with Gasteiger partial charge in [-0.1, -0.05) is 0 Å². The molecule has 3 nitrogen and oxygen atoms in total. The van der Waals surface area contributed by atoms with E-state index < -0.39 is 0 Å². The van der Waals surface area contributed by atoms with Crippen LogP contribution in [0.4, 0.5) is 0 Å². The molecule has 0 aliphatic heterocycles. The lowest BCUT2D eigenvalue weighted by molar-refractivity contribution is 0.918. The van der Waals surface area contributed by atoms with Crippen LogP contribution in [-0.4, -0.2) is 14.2 Å². The predicted molar refractivity (Wildman–Crippen MR) is 41.9 cm³/mol. The number of fused-ring (bicyclic) bond motifs is 1. The highest BCUT2D eigenvalue weighted by Gasteiger charge is 2.00. The first-order valence-electron chi connectivity index (χ1n) is 2.93. The summed E-state index contributed by atoms with van der Waals surface area (Å²) in [5.41, 5.74) is 1.09. The van der Waals surface area contributed by atoms with E-state index in [1.54, 1.807) is 6.20 Å². The highest BCUT2D eigenvalue weighted by atomic mass is 79.9. The molecule has 0 atom stereocenters. The van der Waals surface area contributed by atoms with Crippen LogP contribution < -0.4 is 0 Å². The molecule has 4 heteroatoms. The molecule has 0 saturated heterocycles. The van der Waals surface area contributed by atoms with Gasteiger partial charge in [0.2, 0.25) is 0 Å². The third-order valence-electron chi connectivity index (χ3n) is 1.54. The maximum atomic E-state index is 4.07. The molecular formula is C6H6BrN3. The minimum atomic E-state index is 1.04. The molecule has 0 aromatic carbocycles. The Balaban J connectivity index is 2.95. The third kappa shape index (κ3) is 0.623. The molecule has 0 saturated carbocycles. The summed E-state index contributed by atoms with van der Waals surface area (Å²) < 4.78 is 4.88. The molecule has 0 fully saturated rings. The molecule has 0 unspecified atom stereocenters. The van der Waals surface area contributed by atoms with Crippen LogP contribution in [0.15, 0.2) is 23.1 Å². The van der Waals surface area contributed by atoms with E-state index >= 15 is 0 Å². The molecule has 0 amide bonds. The van der Waals surface area contributed by atoms with Crippen molar-refractivity contribution in [3.63, 3.8) is 0 Å². The zero-order valence-corrected chi connectivity index (χ0v) is 7.04. The maximum Gasteiger partial charge on any atom is 0.136 e. The maximum absolute atomic E-state index is 4.07. The number of aromatic nitrogens is 3. The van der Waals surface area contributed by atoms with Crippen molar-refractivity contribution in [1.29, 1.82) is 0 Å². The molecule has 0 radical (unpaired) electrons. The fourth-order valence-corrected chi connectivity index (χ4v) is 1.34. The Morgan fingerprint density at radius 3 is 3.10 bits per heavy atom. The minimum Gasteiger partial charge on any atom is -0.322 e. The average Bonchev–Trinajstić information content (AvgIpc) is 2.41. The molecule has 2 rings (SSSR count). The highest BCUT2D eigenvalue weighted by Crippen LogP contribution is 2.13. The van der Waals surface area contributed by atoms with Crippen LogP contribution in [0.5, 0.6) is 0 Å². The SMILES string of the molecule is Cn1c(Br)cn2nccc12. The largest absolute Gasteiger partial charge is 0.322 e. The van der Waals surface area contributed by atoms with E-state index in [2.05, 4.69) is 21.0 Å². The summed E-state index contributed by atoms with van der Waals surface area (Å²) in [6.07, 6.45) is 3.71. The van der Waals surface area contributed by atoms with E-state index in [0.29, 0.717) is 0 Å². The van der Waals surface area contributed by atoms with Gasteiger partial charge in [0.1, 0.15) is 10.3 Å². The van der Waals surface area contributed by atoms with Gasteiger partial charge in [-0.25, -0.2) is 4.52 Å². The molecule has 10 heavy (non-hydrogen) atoms. The van der Waals surface area contributed by atoms with Gasteiger partial charge in [0.25, 0.3) is 0 Å². The van der Waals surface area contributed by atoms with Crippen LogP contribution in [-0.2, 0) is 7.05 Å². The van der Waals surface area contributed by atoms with Crippen molar-refractivity contribution in [2.45, 2.75) is 0 Å². The second kappa shape index (κ2) is 1.85. The number of imidazole rings is 1. The van der Waals surface area contributed by atoms with E-state index in [-0.39, 0.29) is 0 Å². The second-order valence-electron chi connectivity index (χ2n) is 2.14. The third-order valence-corrected chi connectivity index (χ3v) is 2.28. The van der Waals surface area contributed by atoms with Gasteiger partial charge in [-0.05, 0) is 15.9 Å². The van der Waals surface area contributed by atoms with Gasteiger partial charge in [-0.15, -0.1) is 0 Å². The summed E-state index contributed by atoms with van der Waals surface area (Å²) in [5, 5.41) is 4.07. The Bertz CT molecular complexity index is 360. The lowest BCUT2D eigenvalue weighted by atomic mass is 10.7. The summed E-state index contributed by atoms with van der Waals surface area (Å²) in [6, 6.07) is 1.96. The molecular weight excluding hydrogens is 194 g/mol. The predicted octanol–water partition coefficient (Wildman–Crippen LogP) is 1.44. The first-order valence-corrected chi connectivity index (χ1v) is 3.73. The number of aryl methyl sites for hydroxylation is 1. The van der Waals surface area contributed by atoms with Gasteiger partial charge in [0, 0.05) is 13.1 Å². The van der Waals surface area contributed by atoms with Crippen LogP contribution in [0.1, 0.15) is 0 Å². The zero-order valence-electron chi connectivity index (χ0n) is 5.45. The van der Waals surface area contributed by atoms with Gasteiger partial charge in [-0.3, -0.25) is 0 Å². The summed E-state index contributed by atoms with van der Waals surface area (Å²) in [4.78, 5) is 0. The van der Waals surface area contributed by atoms with Gasteiger partial charge in [0.05, 0.1) is 12.4 Å². The van der Waals surface area contributed by atoms with E-state index in [9.17, 15) is 0 Å². The second-order valence-corrected chi connectivity index (χ2v) is 2.96. The first kappa shape index (κ1) is 5.97. The van der Waals surface area contributed by atoms with Crippen molar-refractivity contribution in [2.75, 3.05) is 0 Å². The topological polar surface area (TPSA) is 22.2 Å². The van der Waals surface area contributed by atoms with Crippen molar-refractivity contribution in [1.82, 2.24) is 14.2 Å². The van der Waals surface area contributed by atoms with Crippen LogP contribution in [0.2, 0.25) is 0 Å². The van der Waals surface area contributed by atoms with Crippen LogP contribution in [0.3, 0.4) is 0 Å². The standard InChI is InChI=1S/C6H6BrN3/c1-9-5(7)4-10-6(9)2-3-8-10/h2-4H,1H3. The summed E-state index contributed by atoms with van der Waals surface area (Å²) >= 11 is 3.39. The lowest BCUT2D eigenvalue weighted by Crippen LogP contribution is -1.85. The van der Waals surface area contributed by atoms with Crippen molar-refractivity contribution < 1.29 is 0 Å². The van der Waals surface area contributed by atoms with E-state index in [1.807, 2.05) is 28.4 Å². The number of hydrogen-bond acceptors (Lipinski definition) is 1. The van der Waals surface area contributed by atoms with Gasteiger partial charge in [-0.2, -0.15) is 5.10 Å². The van der Waals surface area contributed by atoms with Gasteiger partial charge >= 0.3 is 0 Å². The number of halogens is 1. The number of hydrogen-bond donors (Lipinski definition) is 0. The number of nitrogens with zero attached hydrogens (tertiary/aromatic N) is 3. The smallest absolute Gasteiger partial charge is 0.136 e. The first-order chi connectivity index (χ1) is 4.79. The monoisotopic (exact) mass is 199 g/mol. The summed E-state index contributed by atoms with van der Waals surface area (Å²) in [7, 11) is 1.99. The van der Waals surface area contributed by atoms with Gasteiger partial charge < -0.3 is 4.57 Å².